The number of likely N-dealkylation sites (tertiary alicyclic amines) is 1. The van der Waals surface area contributed by atoms with Crippen molar-refractivity contribution in [3.05, 3.63) is 71.3 Å². The Morgan fingerprint density at radius 2 is 1.64 bits per heavy atom. The molecule has 1 amide bonds. The Balaban J connectivity index is 1.61. The zero-order valence-electron chi connectivity index (χ0n) is 17.4. The lowest BCUT2D eigenvalue weighted by Crippen LogP contribution is -2.40. The number of hydrogen-bond donors (Lipinski definition) is 0. The molecule has 3 rings (SSSR count). The van der Waals surface area contributed by atoms with Gasteiger partial charge in [0.15, 0.2) is 0 Å². The minimum Gasteiger partial charge on any atom is -0.336 e. The van der Waals surface area contributed by atoms with Crippen LogP contribution in [0.2, 0.25) is 0 Å². The number of amides is 1. The Labute approximate surface area is 170 Å². The molecule has 3 nitrogen and oxygen atoms in total. The van der Waals surface area contributed by atoms with Gasteiger partial charge in [0.05, 0.1) is 0 Å². The van der Waals surface area contributed by atoms with Crippen LogP contribution in [-0.4, -0.2) is 41.4 Å². The quantitative estimate of drug-likeness (QED) is 0.602. The first-order valence-corrected chi connectivity index (χ1v) is 10.8. The maximum absolute atomic E-state index is 13.1. The summed E-state index contributed by atoms with van der Waals surface area (Å²) in [7, 11) is 0. The number of carbonyl (C=O) groups is 1. The van der Waals surface area contributed by atoms with Crippen molar-refractivity contribution in [2.75, 3.05) is 19.6 Å². The largest absolute Gasteiger partial charge is 0.336 e. The first-order chi connectivity index (χ1) is 13.7. The summed E-state index contributed by atoms with van der Waals surface area (Å²) in [4.78, 5) is 17.6. The molecule has 28 heavy (non-hydrogen) atoms. The zero-order chi connectivity index (χ0) is 19.8. The van der Waals surface area contributed by atoms with Crippen molar-refractivity contribution >= 4 is 5.91 Å². The number of benzene rings is 2. The summed E-state index contributed by atoms with van der Waals surface area (Å²) >= 11 is 0. The van der Waals surface area contributed by atoms with Crippen LogP contribution in [-0.2, 0) is 13.0 Å². The highest BCUT2D eigenvalue weighted by atomic mass is 16.2. The molecule has 1 heterocycles. The Morgan fingerprint density at radius 1 is 1.00 bits per heavy atom. The molecule has 2 aromatic carbocycles. The van der Waals surface area contributed by atoms with Gasteiger partial charge in [0.1, 0.15) is 0 Å². The molecule has 0 radical (unpaired) electrons. The van der Waals surface area contributed by atoms with Crippen molar-refractivity contribution < 1.29 is 4.79 Å². The smallest absolute Gasteiger partial charge is 0.254 e. The van der Waals surface area contributed by atoms with Crippen LogP contribution in [0.25, 0.3) is 0 Å². The second-order valence-electron chi connectivity index (χ2n) is 8.05. The highest BCUT2D eigenvalue weighted by Gasteiger charge is 2.20. The SMILES string of the molecule is CCCC(C)N(CCc1ccc(CN2CCCC2)cc1)C(=O)c1ccccc1. The van der Waals surface area contributed by atoms with E-state index in [-0.39, 0.29) is 11.9 Å². The fourth-order valence-electron chi connectivity index (χ4n) is 4.10. The van der Waals surface area contributed by atoms with Gasteiger partial charge in [0.2, 0.25) is 0 Å². The van der Waals surface area contributed by atoms with Crippen molar-refractivity contribution in [2.24, 2.45) is 0 Å². The molecule has 0 aromatic heterocycles. The van der Waals surface area contributed by atoms with E-state index in [0.29, 0.717) is 0 Å². The van der Waals surface area contributed by atoms with Crippen molar-refractivity contribution in [2.45, 2.75) is 58.5 Å². The summed E-state index contributed by atoms with van der Waals surface area (Å²) in [6.45, 7) is 8.64. The van der Waals surface area contributed by atoms with E-state index in [1.807, 2.05) is 30.3 Å². The maximum atomic E-state index is 13.1. The maximum Gasteiger partial charge on any atom is 0.254 e. The highest BCUT2D eigenvalue weighted by Crippen LogP contribution is 2.16. The Hall–Kier alpha value is -2.13. The van der Waals surface area contributed by atoms with Gasteiger partial charge in [-0.15, -0.1) is 0 Å². The van der Waals surface area contributed by atoms with E-state index in [1.165, 1.54) is 37.1 Å². The second-order valence-corrected chi connectivity index (χ2v) is 8.05. The molecule has 0 N–H and O–H groups in total. The Kier molecular flexibility index (Phi) is 7.67. The molecule has 1 atom stereocenters. The van der Waals surface area contributed by atoms with Crippen LogP contribution in [0.4, 0.5) is 0 Å². The average Bonchev–Trinajstić information content (AvgIpc) is 3.23. The van der Waals surface area contributed by atoms with Gasteiger partial charge >= 0.3 is 0 Å². The fourth-order valence-corrected chi connectivity index (χ4v) is 4.10. The molecule has 1 aliphatic heterocycles. The van der Waals surface area contributed by atoms with Crippen molar-refractivity contribution in [3.63, 3.8) is 0 Å². The molecule has 150 valence electrons. The lowest BCUT2D eigenvalue weighted by atomic mass is 10.1. The van der Waals surface area contributed by atoms with Crippen LogP contribution >= 0.6 is 0 Å². The number of rotatable bonds is 9. The van der Waals surface area contributed by atoms with Gasteiger partial charge in [-0.3, -0.25) is 9.69 Å². The lowest BCUT2D eigenvalue weighted by molar-refractivity contribution is 0.0686. The van der Waals surface area contributed by atoms with E-state index < -0.39 is 0 Å². The minimum atomic E-state index is 0.146. The Morgan fingerprint density at radius 3 is 2.29 bits per heavy atom. The second kappa shape index (κ2) is 10.4. The molecule has 0 aliphatic carbocycles. The predicted molar refractivity (Wildman–Crippen MR) is 117 cm³/mol. The molecule has 3 heteroatoms. The van der Waals surface area contributed by atoms with Crippen LogP contribution in [0.15, 0.2) is 54.6 Å². The third kappa shape index (κ3) is 5.68. The normalized spacial score (nSPS) is 15.5. The number of carbonyl (C=O) groups excluding carboxylic acids is 1. The molecular weight excluding hydrogens is 344 g/mol. The van der Waals surface area contributed by atoms with E-state index in [2.05, 4.69) is 47.9 Å². The van der Waals surface area contributed by atoms with Gasteiger partial charge in [-0.25, -0.2) is 0 Å². The standard InChI is InChI=1S/C25H34N2O/c1-3-9-21(2)27(25(28)24-10-5-4-6-11-24)19-16-22-12-14-23(15-13-22)20-26-17-7-8-18-26/h4-6,10-15,21H,3,7-9,16-20H2,1-2H3. The van der Waals surface area contributed by atoms with Crippen LogP contribution in [0.5, 0.6) is 0 Å². The lowest BCUT2D eigenvalue weighted by Gasteiger charge is -2.29. The summed E-state index contributed by atoms with van der Waals surface area (Å²) in [5.74, 6) is 0.146. The van der Waals surface area contributed by atoms with Gasteiger partial charge in [0, 0.05) is 24.7 Å². The van der Waals surface area contributed by atoms with Crippen molar-refractivity contribution in [3.8, 4) is 0 Å². The first kappa shape index (κ1) is 20.6. The molecule has 0 spiro atoms. The van der Waals surface area contributed by atoms with Gasteiger partial charge in [-0.2, -0.15) is 0 Å². The molecule has 2 aromatic rings. The first-order valence-electron chi connectivity index (χ1n) is 10.8. The van der Waals surface area contributed by atoms with Crippen LogP contribution in [0.1, 0.15) is 61.0 Å². The summed E-state index contributed by atoms with van der Waals surface area (Å²) in [5, 5.41) is 0. The highest BCUT2D eigenvalue weighted by molar-refractivity contribution is 5.94. The van der Waals surface area contributed by atoms with Gasteiger partial charge in [0.25, 0.3) is 5.91 Å². The number of hydrogen-bond acceptors (Lipinski definition) is 2. The van der Waals surface area contributed by atoms with Crippen LogP contribution < -0.4 is 0 Å². The molecule has 1 fully saturated rings. The summed E-state index contributed by atoms with van der Waals surface area (Å²) in [5.41, 5.74) is 3.48. The van der Waals surface area contributed by atoms with E-state index in [9.17, 15) is 4.79 Å². The van der Waals surface area contributed by atoms with Gasteiger partial charge in [-0.05, 0) is 69.0 Å². The average molecular weight is 379 g/mol. The molecule has 1 unspecified atom stereocenters. The van der Waals surface area contributed by atoms with Crippen molar-refractivity contribution in [1.82, 2.24) is 9.80 Å². The topological polar surface area (TPSA) is 23.6 Å². The molecule has 0 bridgehead atoms. The molecule has 1 saturated heterocycles. The molecule has 1 aliphatic rings. The fraction of sp³-hybridized carbons (Fsp3) is 0.480. The molecular formula is C25H34N2O. The van der Waals surface area contributed by atoms with Crippen LogP contribution in [0.3, 0.4) is 0 Å². The third-order valence-electron chi connectivity index (χ3n) is 5.79. The van der Waals surface area contributed by atoms with E-state index >= 15 is 0 Å². The Bertz CT molecular complexity index is 720. The summed E-state index contributed by atoms with van der Waals surface area (Å²) in [6.07, 6.45) is 5.69. The van der Waals surface area contributed by atoms with E-state index in [0.717, 1.165) is 37.9 Å². The third-order valence-corrected chi connectivity index (χ3v) is 5.79. The van der Waals surface area contributed by atoms with Gasteiger partial charge < -0.3 is 4.90 Å². The van der Waals surface area contributed by atoms with Crippen molar-refractivity contribution in [1.29, 1.82) is 0 Å². The van der Waals surface area contributed by atoms with Gasteiger partial charge in [-0.1, -0.05) is 55.8 Å². The molecule has 0 saturated carbocycles. The van der Waals surface area contributed by atoms with Crippen LogP contribution in [0, 0.1) is 0 Å². The zero-order valence-corrected chi connectivity index (χ0v) is 17.4. The minimum absolute atomic E-state index is 0.146. The predicted octanol–water partition coefficient (Wildman–Crippen LogP) is 5.16. The monoisotopic (exact) mass is 378 g/mol. The van der Waals surface area contributed by atoms with E-state index in [4.69, 9.17) is 0 Å². The van der Waals surface area contributed by atoms with E-state index in [1.54, 1.807) is 0 Å². The number of nitrogens with zero attached hydrogens (tertiary/aromatic N) is 2. The summed E-state index contributed by atoms with van der Waals surface area (Å²) < 4.78 is 0. The summed E-state index contributed by atoms with van der Waals surface area (Å²) in [6, 6.07) is 18.9.